The lowest BCUT2D eigenvalue weighted by atomic mass is 10.1. The number of benzene rings is 1. The van der Waals surface area contributed by atoms with Crippen LogP contribution in [-0.4, -0.2) is 15.2 Å². The van der Waals surface area contributed by atoms with Crippen LogP contribution in [0.1, 0.15) is 36.8 Å². The molecule has 0 atom stereocenters. The van der Waals surface area contributed by atoms with Crippen LogP contribution in [0.5, 0.6) is 0 Å². The van der Waals surface area contributed by atoms with Gasteiger partial charge in [0.2, 0.25) is 5.91 Å². The maximum absolute atomic E-state index is 13.0. The van der Waals surface area contributed by atoms with Crippen molar-refractivity contribution in [2.75, 3.05) is 5.43 Å². The van der Waals surface area contributed by atoms with E-state index in [-0.39, 0.29) is 11.3 Å². The number of nitrogens with one attached hydrogen (secondary N) is 1. The topological polar surface area (TPSA) is 73.1 Å². The molecule has 6 nitrogen and oxygen atoms in total. The summed E-state index contributed by atoms with van der Waals surface area (Å²) >= 11 is 0. The average Bonchev–Trinajstić information content (AvgIpc) is 3.41. The third-order valence-electron chi connectivity index (χ3n) is 6.24. The molecule has 2 aromatic rings. The number of aromatic nitrogens is 2. The van der Waals surface area contributed by atoms with Crippen LogP contribution in [0.25, 0.3) is 10.9 Å². The number of carbonyl (C=O) groups excluding carboxylic acids is 1. The highest BCUT2D eigenvalue weighted by Gasteiger charge is 2.74. The van der Waals surface area contributed by atoms with E-state index in [1.807, 2.05) is 26.0 Å². The second-order valence-electron chi connectivity index (χ2n) is 8.13. The summed E-state index contributed by atoms with van der Waals surface area (Å²) in [6.07, 6.45) is 3.98. The first-order valence-corrected chi connectivity index (χ1v) is 8.99. The number of nitrogens with zero attached hydrogens (tertiary/aromatic N) is 2. The molecule has 1 N–H and O–H groups in total. The fourth-order valence-electron chi connectivity index (χ4n) is 3.75. The molecule has 0 radical (unpaired) electrons. The van der Waals surface area contributed by atoms with Crippen LogP contribution in [0.3, 0.4) is 0 Å². The van der Waals surface area contributed by atoms with Gasteiger partial charge in [0, 0.05) is 6.54 Å². The fraction of sp³-hybridized carbons (Fsp3) is 0.526. The van der Waals surface area contributed by atoms with E-state index in [1.54, 1.807) is 4.57 Å². The van der Waals surface area contributed by atoms with Gasteiger partial charge < -0.3 is 0 Å². The minimum absolute atomic E-state index is 0.183. The van der Waals surface area contributed by atoms with Crippen molar-refractivity contribution in [3.05, 3.63) is 44.1 Å². The lowest BCUT2D eigenvalue weighted by Crippen LogP contribution is -2.48. The van der Waals surface area contributed by atoms with Crippen molar-refractivity contribution < 1.29 is 4.79 Å². The molecule has 1 aromatic carbocycles. The van der Waals surface area contributed by atoms with Crippen molar-refractivity contribution in [1.29, 1.82) is 0 Å². The number of amides is 1. The third kappa shape index (κ3) is 2.12. The van der Waals surface area contributed by atoms with E-state index in [4.69, 9.17) is 0 Å². The molecule has 3 fully saturated rings. The second-order valence-corrected chi connectivity index (χ2v) is 8.13. The van der Waals surface area contributed by atoms with Gasteiger partial charge in [0.05, 0.1) is 16.3 Å². The Morgan fingerprint density at radius 2 is 1.84 bits per heavy atom. The van der Waals surface area contributed by atoms with Crippen LogP contribution >= 0.6 is 0 Å². The maximum Gasteiger partial charge on any atom is 0.350 e. The molecular formula is C19H21N3O3. The molecule has 0 unspecified atom stereocenters. The Kier molecular flexibility index (Phi) is 2.76. The number of rotatable bonds is 4. The van der Waals surface area contributed by atoms with E-state index in [0.717, 1.165) is 41.5 Å². The first-order valence-electron chi connectivity index (χ1n) is 8.99. The molecule has 1 amide bonds. The van der Waals surface area contributed by atoms with E-state index < -0.39 is 11.2 Å². The number of aryl methyl sites for hydroxylation is 2. The molecule has 3 saturated carbocycles. The van der Waals surface area contributed by atoms with Gasteiger partial charge in [-0.15, -0.1) is 0 Å². The Hall–Kier alpha value is -2.37. The largest absolute Gasteiger partial charge is 0.350 e. The molecule has 3 aliphatic carbocycles. The molecule has 3 aliphatic rings. The molecule has 0 aliphatic heterocycles. The van der Waals surface area contributed by atoms with Crippen molar-refractivity contribution in [2.24, 2.45) is 17.3 Å². The molecule has 0 bridgehead atoms. The minimum Gasteiger partial charge on any atom is -0.291 e. The highest BCUT2D eigenvalue weighted by Crippen LogP contribution is 2.75. The van der Waals surface area contributed by atoms with E-state index in [0.29, 0.717) is 29.3 Å². The van der Waals surface area contributed by atoms with Gasteiger partial charge in [-0.3, -0.25) is 19.6 Å². The maximum atomic E-state index is 13.0. The first-order chi connectivity index (χ1) is 11.9. The monoisotopic (exact) mass is 339 g/mol. The predicted octanol–water partition coefficient (Wildman–Crippen LogP) is 1.67. The quantitative estimate of drug-likeness (QED) is 0.921. The van der Waals surface area contributed by atoms with Crippen molar-refractivity contribution in [3.63, 3.8) is 0 Å². The van der Waals surface area contributed by atoms with Crippen molar-refractivity contribution in [3.8, 4) is 0 Å². The normalized spacial score (nSPS) is 26.4. The Balaban J connectivity index is 1.70. The molecule has 5 rings (SSSR count). The average molecular weight is 339 g/mol. The summed E-state index contributed by atoms with van der Waals surface area (Å²) in [7, 11) is 0. The first kappa shape index (κ1) is 14.9. The molecule has 1 aromatic heterocycles. The predicted molar refractivity (Wildman–Crippen MR) is 94.2 cm³/mol. The van der Waals surface area contributed by atoms with Gasteiger partial charge in [-0.25, -0.2) is 4.79 Å². The summed E-state index contributed by atoms with van der Waals surface area (Å²) in [4.78, 5) is 38.3. The molecule has 1 heterocycles. The minimum atomic E-state index is -0.435. The molecule has 130 valence electrons. The third-order valence-corrected chi connectivity index (χ3v) is 6.24. The van der Waals surface area contributed by atoms with E-state index in [2.05, 4.69) is 5.43 Å². The standard InChI is InChI=1S/C19H21N3O3/c1-10-5-14-15(6-11(10)2)21(9-12-3-4-12)18(25)22(16(14)23)20-17(24)19-7-13(19)8-19/h5-6,12-13H,3-4,7-9H2,1-2H3,(H,20,24). The zero-order valence-corrected chi connectivity index (χ0v) is 14.5. The smallest absolute Gasteiger partial charge is 0.291 e. The Labute approximate surface area is 144 Å². The van der Waals surface area contributed by atoms with Crippen LogP contribution in [0.15, 0.2) is 21.7 Å². The molecule has 25 heavy (non-hydrogen) atoms. The summed E-state index contributed by atoms with van der Waals surface area (Å²) in [5.41, 5.74) is 4.18. The lowest BCUT2D eigenvalue weighted by molar-refractivity contribution is -0.120. The van der Waals surface area contributed by atoms with Gasteiger partial charge in [0.1, 0.15) is 0 Å². The Bertz CT molecular complexity index is 1050. The second kappa shape index (κ2) is 4.62. The summed E-state index contributed by atoms with van der Waals surface area (Å²) in [5.74, 6) is 0.763. The van der Waals surface area contributed by atoms with Crippen LogP contribution in [-0.2, 0) is 11.3 Å². The summed E-state index contributed by atoms with van der Waals surface area (Å²) in [6, 6.07) is 3.74. The van der Waals surface area contributed by atoms with Crippen LogP contribution in [0, 0.1) is 31.1 Å². The number of carbonyl (C=O) groups is 1. The van der Waals surface area contributed by atoms with Gasteiger partial charge in [0.15, 0.2) is 0 Å². The molecular weight excluding hydrogens is 318 g/mol. The molecule has 0 saturated heterocycles. The van der Waals surface area contributed by atoms with E-state index in [9.17, 15) is 14.4 Å². The lowest BCUT2D eigenvalue weighted by Gasteiger charge is -2.16. The van der Waals surface area contributed by atoms with Gasteiger partial charge in [-0.1, -0.05) is 0 Å². The SMILES string of the molecule is Cc1cc2c(=O)n(NC(=O)C34CC3C4)c(=O)n(CC3CC3)c2cc1C. The van der Waals surface area contributed by atoms with E-state index in [1.165, 1.54) is 0 Å². The summed E-state index contributed by atoms with van der Waals surface area (Å²) in [5, 5.41) is 0.490. The van der Waals surface area contributed by atoms with Gasteiger partial charge in [0.25, 0.3) is 5.56 Å². The van der Waals surface area contributed by atoms with Crippen LogP contribution < -0.4 is 16.7 Å². The van der Waals surface area contributed by atoms with Crippen LogP contribution in [0.4, 0.5) is 0 Å². The summed E-state index contributed by atoms with van der Waals surface area (Å²) < 4.78 is 2.60. The van der Waals surface area contributed by atoms with Gasteiger partial charge >= 0.3 is 5.69 Å². The van der Waals surface area contributed by atoms with Gasteiger partial charge in [-0.05, 0) is 74.6 Å². The highest BCUT2D eigenvalue weighted by atomic mass is 16.2. The zero-order valence-electron chi connectivity index (χ0n) is 14.5. The van der Waals surface area contributed by atoms with E-state index >= 15 is 0 Å². The zero-order chi connectivity index (χ0) is 17.5. The Morgan fingerprint density at radius 1 is 1.20 bits per heavy atom. The van der Waals surface area contributed by atoms with Gasteiger partial charge in [-0.2, -0.15) is 4.68 Å². The van der Waals surface area contributed by atoms with Crippen molar-refractivity contribution >= 4 is 16.8 Å². The number of hydrogen-bond donors (Lipinski definition) is 1. The Morgan fingerprint density at radius 3 is 2.44 bits per heavy atom. The highest BCUT2D eigenvalue weighted by molar-refractivity contribution is 5.96. The fourth-order valence-corrected chi connectivity index (χ4v) is 3.75. The van der Waals surface area contributed by atoms with Crippen LogP contribution in [0.2, 0.25) is 0 Å². The number of fused-ring (bicyclic) bond motifs is 2. The van der Waals surface area contributed by atoms with Crippen molar-refractivity contribution in [2.45, 2.75) is 46.1 Å². The van der Waals surface area contributed by atoms with Crippen molar-refractivity contribution in [1.82, 2.24) is 9.24 Å². The number of hydrogen-bond acceptors (Lipinski definition) is 3. The molecule has 0 spiro atoms. The molecule has 6 heteroatoms. The summed E-state index contributed by atoms with van der Waals surface area (Å²) in [6.45, 7) is 4.53.